The summed E-state index contributed by atoms with van der Waals surface area (Å²) in [4.78, 5) is 11.8. The first kappa shape index (κ1) is 33.7. The van der Waals surface area contributed by atoms with E-state index in [4.69, 9.17) is 4.74 Å². The molecule has 0 fully saturated rings. The maximum atomic E-state index is 11.8. The van der Waals surface area contributed by atoms with Crippen LogP contribution in [-0.4, -0.2) is 5.97 Å². The molecule has 0 aliphatic heterocycles. The molecule has 0 N–H and O–H groups in total. The number of unbranched alkanes of at least 4 members (excludes halogenated alkanes) is 19. The summed E-state index contributed by atoms with van der Waals surface area (Å²) in [5, 5.41) is 0. The van der Waals surface area contributed by atoms with Gasteiger partial charge in [0.05, 0.1) is 6.26 Å². The van der Waals surface area contributed by atoms with Gasteiger partial charge in [0, 0.05) is 6.42 Å². The van der Waals surface area contributed by atoms with E-state index in [1.807, 2.05) is 6.08 Å². The lowest BCUT2D eigenvalue weighted by Gasteiger charge is -2.02. The number of carbonyl (C=O) groups excluding carboxylic acids is 1. The molecule has 204 valence electrons. The second kappa shape index (κ2) is 30.7. The molecular weight excluding hydrogens is 428 g/mol. The fraction of sp³-hybridized carbons (Fsp3) is 0.788. The molecule has 2 heteroatoms. The lowest BCUT2D eigenvalue weighted by molar-refractivity contribution is -0.138. The summed E-state index contributed by atoms with van der Waals surface area (Å²) in [7, 11) is 0. The van der Waals surface area contributed by atoms with Crippen molar-refractivity contribution in [2.75, 3.05) is 0 Å². The highest BCUT2D eigenvalue weighted by molar-refractivity contribution is 5.69. The average Bonchev–Trinajstić information content (AvgIpc) is 2.86. The van der Waals surface area contributed by atoms with Crippen LogP contribution in [0.15, 0.2) is 36.6 Å². The molecule has 0 bridgehead atoms. The van der Waals surface area contributed by atoms with E-state index in [1.54, 1.807) is 6.26 Å². The first-order chi connectivity index (χ1) is 17.3. The van der Waals surface area contributed by atoms with Crippen LogP contribution in [0.2, 0.25) is 0 Å². The fourth-order valence-corrected chi connectivity index (χ4v) is 4.26. The van der Waals surface area contributed by atoms with Gasteiger partial charge in [0.2, 0.25) is 0 Å². The Hall–Kier alpha value is -1.31. The van der Waals surface area contributed by atoms with Crippen molar-refractivity contribution in [2.24, 2.45) is 0 Å². The number of allylic oxidation sites excluding steroid dienone is 5. The van der Waals surface area contributed by atoms with Crippen LogP contribution in [0.5, 0.6) is 0 Å². The monoisotopic (exact) mass is 488 g/mol. The van der Waals surface area contributed by atoms with Gasteiger partial charge in [-0.15, -0.1) is 0 Å². The SMILES string of the molecule is CCCCC/C=C\C/C=C\CCCCCCCC(=O)O/C=C/CCCCCCCCCCCCC. The van der Waals surface area contributed by atoms with Gasteiger partial charge in [-0.3, -0.25) is 4.79 Å². The molecule has 0 aromatic heterocycles. The number of hydrogen-bond acceptors (Lipinski definition) is 2. The third-order valence-corrected chi connectivity index (χ3v) is 6.60. The van der Waals surface area contributed by atoms with Gasteiger partial charge in [-0.25, -0.2) is 0 Å². The minimum Gasteiger partial charge on any atom is -0.435 e. The Labute approximate surface area is 220 Å². The maximum absolute atomic E-state index is 11.8. The second-order valence-electron chi connectivity index (χ2n) is 10.2. The van der Waals surface area contributed by atoms with E-state index >= 15 is 0 Å². The highest BCUT2D eigenvalue weighted by Gasteiger charge is 2.00. The van der Waals surface area contributed by atoms with Crippen molar-refractivity contribution in [3.05, 3.63) is 36.6 Å². The van der Waals surface area contributed by atoms with E-state index in [9.17, 15) is 4.79 Å². The van der Waals surface area contributed by atoms with E-state index in [0.717, 1.165) is 25.7 Å². The molecule has 0 spiro atoms. The summed E-state index contributed by atoms with van der Waals surface area (Å²) in [6.07, 6.45) is 42.7. The zero-order valence-corrected chi connectivity index (χ0v) is 23.8. The average molecular weight is 489 g/mol. The van der Waals surface area contributed by atoms with E-state index in [-0.39, 0.29) is 5.97 Å². The second-order valence-corrected chi connectivity index (χ2v) is 10.2. The molecule has 0 aromatic rings. The topological polar surface area (TPSA) is 26.3 Å². The molecule has 35 heavy (non-hydrogen) atoms. The van der Waals surface area contributed by atoms with Crippen LogP contribution in [0, 0.1) is 0 Å². The molecule has 0 aromatic carbocycles. The first-order valence-electron chi connectivity index (χ1n) is 15.5. The fourth-order valence-electron chi connectivity index (χ4n) is 4.26. The summed E-state index contributed by atoms with van der Waals surface area (Å²) in [5.41, 5.74) is 0. The van der Waals surface area contributed by atoms with Crippen molar-refractivity contribution in [1.29, 1.82) is 0 Å². The van der Waals surface area contributed by atoms with Gasteiger partial charge in [0.25, 0.3) is 0 Å². The highest BCUT2D eigenvalue weighted by Crippen LogP contribution is 2.12. The van der Waals surface area contributed by atoms with Crippen LogP contribution >= 0.6 is 0 Å². The predicted octanol–water partition coefficient (Wildman–Crippen LogP) is 11.6. The van der Waals surface area contributed by atoms with Crippen molar-refractivity contribution in [3.8, 4) is 0 Å². The minimum absolute atomic E-state index is 0.0779. The van der Waals surface area contributed by atoms with Crippen molar-refractivity contribution >= 4 is 5.97 Å². The lowest BCUT2D eigenvalue weighted by Crippen LogP contribution is -1.98. The van der Waals surface area contributed by atoms with Crippen molar-refractivity contribution < 1.29 is 9.53 Å². The van der Waals surface area contributed by atoms with Crippen molar-refractivity contribution in [2.45, 2.75) is 168 Å². The van der Waals surface area contributed by atoms with Gasteiger partial charge in [0.1, 0.15) is 0 Å². The molecule has 0 aliphatic carbocycles. The summed E-state index contributed by atoms with van der Waals surface area (Å²) in [5.74, 6) is -0.0779. The molecule has 0 unspecified atom stereocenters. The number of ether oxygens (including phenoxy) is 1. The van der Waals surface area contributed by atoms with Crippen LogP contribution in [0.4, 0.5) is 0 Å². The van der Waals surface area contributed by atoms with E-state index in [1.165, 1.54) is 122 Å². The van der Waals surface area contributed by atoms with Crippen LogP contribution in [0.3, 0.4) is 0 Å². The number of rotatable bonds is 27. The molecule has 0 saturated heterocycles. The molecule has 0 amide bonds. The van der Waals surface area contributed by atoms with Gasteiger partial charge in [-0.1, -0.05) is 134 Å². The van der Waals surface area contributed by atoms with E-state index < -0.39 is 0 Å². The number of esters is 1. The standard InChI is InChI=1S/C33H60O2/c1-3-5-7-9-11-13-15-17-18-19-21-23-25-27-29-31-33(34)35-32-30-28-26-24-22-20-16-14-12-10-8-6-4-2/h11,13,17-18,30,32H,3-10,12,14-16,19-29,31H2,1-2H3/b13-11-,18-17-,32-30+. The van der Waals surface area contributed by atoms with Gasteiger partial charge >= 0.3 is 5.97 Å². The summed E-state index contributed by atoms with van der Waals surface area (Å²) in [6.45, 7) is 4.53. The van der Waals surface area contributed by atoms with Crippen LogP contribution < -0.4 is 0 Å². The third-order valence-electron chi connectivity index (χ3n) is 6.60. The maximum Gasteiger partial charge on any atom is 0.310 e. The van der Waals surface area contributed by atoms with Gasteiger partial charge in [-0.2, -0.15) is 0 Å². The zero-order chi connectivity index (χ0) is 25.5. The van der Waals surface area contributed by atoms with Gasteiger partial charge in [-0.05, 0) is 57.4 Å². The molecule has 2 nitrogen and oxygen atoms in total. The Morgan fingerprint density at radius 1 is 0.486 bits per heavy atom. The first-order valence-corrected chi connectivity index (χ1v) is 15.5. The molecular formula is C33H60O2. The Morgan fingerprint density at radius 2 is 0.886 bits per heavy atom. The van der Waals surface area contributed by atoms with Crippen molar-refractivity contribution in [1.82, 2.24) is 0 Å². The minimum atomic E-state index is -0.0779. The third kappa shape index (κ3) is 30.7. The highest BCUT2D eigenvalue weighted by atomic mass is 16.5. The van der Waals surface area contributed by atoms with Crippen LogP contribution in [0.25, 0.3) is 0 Å². The molecule has 0 radical (unpaired) electrons. The Morgan fingerprint density at radius 3 is 1.43 bits per heavy atom. The summed E-state index contributed by atoms with van der Waals surface area (Å²) in [6, 6.07) is 0. The summed E-state index contributed by atoms with van der Waals surface area (Å²) < 4.78 is 5.23. The molecule has 0 rings (SSSR count). The van der Waals surface area contributed by atoms with Gasteiger partial charge in [0.15, 0.2) is 0 Å². The Bertz CT molecular complexity index is 503. The molecule has 0 heterocycles. The molecule has 0 atom stereocenters. The van der Waals surface area contributed by atoms with Crippen molar-refractivity contribution in [3.63, 3.8) is 0 Å². The van der Waals surface area contributed by atoms with Crippen LogP contribution in [0.1, 0.15) is 168 Å². The normalized spacial score (nSPS) is 11.9. The largest absolute Gasteiger partial charge is 0.435 e. The molecule has 0 aliphatic rings. The number of carbonyl (C=O) groups is 1. The van der Waals surface area contributed by atoms with E-state index in [2.05, 4.69) is 38.2 Å². The predicted molar refractivity (Wildman–Crippen MR) is 156 cm³/mol. The zero-order valence-electron chi connectivity index (χ0n) is 23.8. The number of hydrogen-bond donors (Lipinski definition) is 0. The lowest BCUT2D eigenvalue weighted by atomic mass is 10.1. The Kier molecular flexibility index (Phi) is 29.6. The Balaban J connectivity index is 3.31. The molecule has 0 saturated carbocycles. The van der Waals surface area contributed by atoms with E-state index in [0.29, 0.717) is 6.42 Å². The smallest absolute Gasteiger partial charge is 0.310 e. The summed E-state index contributed by atoms with van der Waals surface area (Å²) >= 11 is 0. The van der Waals surface area contributed by atoms with Crippen LogP contribution in [-0.2, 0) is 9.53 Å². The quantitative estimate of drug-likeness (QED) is 0.0497. The van der Waals surface area contributed by atoms with Gasteiger partial charge < -0.3 is 4.74 Å².